The Hall–Kier alpha value is -2.29. The van der Waals surface area contributed by atoms with Crippen molar-refractivity contribution in [3.8, 4) is 5.82 Å². The molecular weight excluding hydrogens is 368 g/mol. The summed E-state index contributed by atoms with van der Waals surface area (Å²) in [6, 6.07) is 8.01. The van der Waals surface area contributed by atoms with E-state index in [1.807, 2.05) is 24.3 Å². The van der Waals surface area contributed by atoms with Gasteiger partial charge in [0.15, 0.2) is 5.82 Å². The molecule has 0 unspecified atom stereocenters. The molecule has 2 heterocycles. The molecule has 142 valence electrons. The fourth-order valence-corrected chi connectivity index (χ4v) is 3.59. The average Bonchev–Trinajstić information content (AvgIpc) is 3.13. The summed E-state index contributed by atoms with van der Waals surface area (Å²) in [5.74, 6) is 1.60. The molecule has 0 spiro atoms. The molecule has 4 rings (SSSR count). The third kappa shape index (κ3) is 4.02. The van der Waals surface area contributed by atoms with Gasteiger partial charge in [0.2, 0.25) is 5.95 Å². The zero-order valence-corrected chi connectivity index (χ0v) is 15.8. The van der Waals surface area contributed by atoms with Gasteiger partial charge in [-0.3, -0.25) is 0 Å². The Morgan fingerprint density at radius 2 is 2.04 bits per heavy atom. The van der Waals surface area contributed by atoms with E-state index in [2.05, 4.69) is 25.6 Å². The maximum atomic E-state index is 6.33. The van der Waals surface area contributed by atoms with Crippen LogP contribution in [-0.4, -0.2) is 44.7 Å². The Kier molecular flexibility index (Phi) is 5.47. The Morgan fingerprint density at radius 3 is 2.85 bits per heavy atom. The van der Waals surface area contributed by atoms with Gasteiger partial charge in [-0.05, 0) is 43.7 Å². The first-order valence-electron chi connectivity index (χ1n) is 9.00. The first-order valence-corrected chi connectivity index (χ1v) is 9.38. The van der Waals surface area contributed by atoms with E-state index in [0.29, 0.717) is 35.4 Å². The molecule has 8 nitrogen and oxygen atoms in total. The van der Waals surface area contributed by atoms with Gasteiger partial charge in [-0.2, -0.15) is 9.67 Å². The highest BCUT2D eigenvalue weighted by molar-refractivity contribution is 6.32. The maximum Gasteiger partial charge on any atom is 0.224 e. The molecular formula is C18H21ClN6O2. The smallest absolute Gasteiger partial charge is 0.224 e. The second kappa shape index (κ2) is 8.16. The van der Waals surface area contributed by atoms with Crippen LogP contribution in [-0.2, 0) is 9.78 Å². The zero-order chi connectivity index (χ0) is 18.6. The van der Waals surface area contributed by atoms with Crippen molar-refractivity contribution in [2.75, 3.05) is 19.0 Å². The molecule has 9 heteroatoms. The van der Waals surface area contributed by atoms with E-state index in [1.54, 1.807) is 18.0 Å². The second-order valence-corrected chi connectivity index (χ2v) is 7.08. The summed E-state index contributed by atoms with van der Waals surface area (Å²) in [4.78, 5) is 18.7. The van der Waals surface area contributed by atoms with E-state index in [9.17, 15) is 0 Å². The van der Waals surface area contributed by atoms with Crippen molar-refractivity contribution in [3.63, 3.8) is 0 Å². The summed E-state index contributed by atoms with van der Waals surface area (Å²) in [6.07, 6.45) is 5.82. The molecule has 1 aliphatic carbocycles. The van der Waals surface area contributed by atoms with Crippen LogP contribution in [0.4, 0.5) is 5.95 Å². The number of nitrogens with one attached hydrogen (secondary N) is 1. The molecule has 0 amide bonds. The molecule has 1 fully saturated rings. The van der Waals surface area contributed by atoms with Gasteiger partial charge in [0.25, 0.3) is 0 Å². The Balaban J connectivity index is 1.49. The van der Waals surface area contributed by atoms with Crippen LogP contribution in [0.2, 0.25) is 5.02 Å². The molecule has 0 radical (unpaired) electrons. The van der Waals surface area contributed by atoms with Gasteiger partial charge >= 0.3 is 0 Å². The van der Waals surface area contributed by atoms with Crippen molar-refractivity contribution in [3.05, 3.63) is 35.5 Å². The maximum absolute atomic E-state index is 6.33. The lowest BCUT2D eigenvalue weighted by molar-refractivity contribution is -0.281. The summed E-state index contributed by atoms with van der Waals surface area (Å²) in [6.45, 7) is 0.643. The van der Waals surface area contributed by atoms with Crippen LogP contribution < -0.4 is 5.32 Å². The monoisotopic (exact) mass is 388 g/mol. The van der Waals surface area contributed by atoms with E-state index >= 15 is 0 Å². The van der Waals surface area contributed by atoms with Gasteiger partial charge in [-0.1, -0.05) is 28.9 Å². The molecule has 1 aliphatic rings. The number of aromatic nitrogens is 5. The minimum Gasteiger partial charge on any atom is -0.351 e. The third-order valence-electron chi connectivity index (χ3n) is 4.88. The molecule has 0 atom stereocenters. The van der Waals surface area contributed by atoms with Gasteiger partial charge in [-0.25, -0.2) is 14.8 Å². The van der Waals surface area contributed by atoms with Gasteiger partial charge in [-0.15, -0.1) is 5.10 Å². The van der Waals surface area contributed by atoms with Crippen LogP contribution in [0.15, 0.2) is 30.5 Å². The van der Waals surface area contributed by atoms with Gasteiger partial charge < -0.3 is 5.32 Å². The fourth-order valence-electron chi connectivity index (χ4n) is 3.42. The van der Waals surface area contributed by atoms with Crippen LogP contribution in [0, 0.1) is 5.92 Å². The van der Waals surface area contributed by atoms with Crippen molar-refractivity contribution in [1.29, 1.82) is 0 Å². The lowest BCUT2D eigenvalue weighted by atomic mass is 9.87. The Morgan fingerprint density at radius 1 is 1.22 bits per heavy atom. The normalized spacial score (nSPS) is 20.1. The third-order valence-corrected chi connectivity index (χ3v) is 5.15. The van der Waals surface area contributed by atoms with E-state index < -0.39 is 0 Å². The van der Waals surface area contributed by atoms with Crippen LogP contribution >= 0.6 is 11.6 Å². The van der Waals surface area contributed by atoms with Crippen LogP contribution in [0.5, 0.6) is 0 Å². The van der Waals surface area contributed by atoms with Crippen molar-refractivity contribution in [2.24, 2.45) is 5.92 Å². The van der Waals surface area contributed by atoms with Crippen LogP contribution in [0.25, 0.3) is 16.9 Å². The number of hydrogen-bond donors (Lipinski definition) is 1. The number of halogens is 1. The fraction of sp³-hybridized carbons (Fsp3) is 0.444. The Labute approximate surface area is 161 Å². The number of anilines is 1. The highest BCUT2D eigenvalue weighted by atomic mass is 35.5. The van der Waals surface area contributed by atoms with E-state index in [1.165, 1.54) is 0 Å². The summed E-state index contributed by atoms with van der Waals surface area (Å²) in [5.41, 5.74) is 1.64. The molecule has 1 N–H and O–H groups in total. The number of nitrogens with zero attached hydrogens (tertiary/aromatic N) is 5. The van der Waals surface area contributed by atoms with Crippen LogP contribution in [0.3, 0.4) is 0 Å². The first kappa shape index (κ1) is 18.1. The Bertz CT molecular complexity index is 910. The quantitative estimate of drug-likeness (QED) is 0.511. The van der Waals surface area contributed by atoms with Gasteiger partial charge in [0.1, 0.15) is 10.5 Å². The summed E-state index contributed by atoms with van der Waals surface area (Å²) in [7, 11) is 1.54. The summed E-state index contributed by atoms with van der Waals surface area (Å²) < 4.78 is 1.64. The van der Waals surface area contributed by atoms with Gasteiger partial charge in [0.05, 0.1) is 25.4 Å². The van der Waals surface area contributed by atoms with Crippen molar-refractivity contribution < 1.29 is 9.78 Å². The highest BCUT2D eigenvalue weighted by Gasteiger charge is 2.22. The number of hydrogen-bond acceptors (Lipinski definition) is 7. The second-order valence-electron chi connectivity index (χ2n) is 6.67. The lowest BCUT2D eigenvalue weighted by Gasteiger charge is -2.28. The summed E-state index contributed by atoms with van der Waals surface area (Å²) >= 11 is 6.33. The van der Waals surface area contributed by atoms with E-state index in [0.717, 1.165) is 36.7 Å². The van der Waals surface area contributed by atoms with Crippen molar-refractivity contribution >= 4 is 28.6 Å². The topological polar surface area (TPSA) is 87.0 Å². The van der Waals surface area contributed by atoms with Crippen LogP contribution in [0.1, 0.15) is 25.7 Å². The standard InChI is InChI=1S/C18H21ClN6O2/c1-26-27-11-12-6-8-13(9-7-12)21-18-20-10-14(19)17(22-18)25-16-5-3-2-4-15(16)23-24-25/h2-5,10,12-13H,6-9,11H2,1H3,(H,20,21,22). The molecule has 0 aliphatic heterocycles. The highest BCUT2D eigenvalue weighted by Crippen LogP contribution is 2.27. The van der Waals surface area contributed by atoms with E-state index in [4.69, 9.17) is 21.4 Å². The zero-order valence-electron chi connectivity index (χ0n) is 15.0. The molecule has 0 bridgehead atoms. The number of benzene rings is 1. The van der Waals surface area contributed by atoms with Crippen molar-refractivity contribution in [2.45, 2.75) is 31.7 Å². The summed E-state index contributed by atoms with van der Waals surface area (Å²) in [5, 5.41) is 12.2. The lowest BCUT2D eigenvalue weighted by Crippen LogP contribution is -2.28. The minimum atomic E-state index is 0.324. The number of rotatable bonds is 6. The number of para-hydroxylation sites is 1. The molecule has 27 heavy (non-hydrogen) atoms. The molecule has 2 aromatic heterocycles. The predicted octanol–water partition coefficient (Wildman–Crippen LogP) is 3.41. The molecule has 3 aromatic rings. The number of fused-ring (bicyclic) bond motifs is 1. The molecule has 0 saturated heterocycles. The first-order chi connectivity index (χ1) is 13.2. The molecule has 1 saturated carbocycles. The van der Waals surface area contributed by atoms with E-state index in [-0.39, 0.29) is 0 Å². The van der Waals surface area contributed by atoms with Gasteiger partial charge in [0, 0.05) is 6.04 Å². The molecule has 1 aromatic carbocycles. The predicted molar refractivity (Wildman–Crippen MR) is 102 cm³/mol. The minimum absolute atomic E-state index is 0.324. The SMILES string of the molecule is COOCC1CCC(Nc2ncc(Cl)c(-n3nnc4ccccc43)n2)CC1. The largest absolute Gasteiger partial charge is 0.351 e. The van der Waals surface area contributed by atoms with Crippen molar-refractivity contribution in [1.82, 2.24) is 25.0 Å². The average molecular weight is 389 g/mol.